The molecule has 0 bridgehead atoms. The van der Waals surface area contributed by atoms with Gasteiger partial charge in [-0.2, -0.15) is 0 Å². The van der Waals surface area contributed by atoms with Crippen molar-refractivity contribution in [2.75, 3.05) is 6.61 Å². The van der Waals surface area contributed by atoms with Crippen molar-refractivity contribution in [3.8, 4) is 0 Å². The van der Waals surface area contributed by atoms with E-state index in [9.17, 15) is 9.90 Å². The fraction of sp³-hybridized carbons (Fsp3) is 0.389. The SMILES string of the molecule is O=C1CC2CCCC=C2c2c(CCO)c3ccccc3n21. The van der Waals surface area contributed by atoms with Crippen LogP contribution >= 0.6 is 0 Å². The number of rotatable bonds is 2. The van der Waals surface area contributed by atoms with Crippen LogP contribution in [0.4, 0.5) is 0 Å². The van der Waals surface area contributed by atoms with Crippen molar-refractivity contribution in [2.24, 2.45) is 5.92 Å². The van der Waals surface area contributed by atoms with Crippen LogP contribution in [0.3, 0.4) is 0 Å². The summed E-state index contributed by atoms with van der Waals surface area (Å²) in [5.41, 5.74) is 4.54. The molecule has 1 aliphatic heterocycles. The van der Waals surface area contributed by atoms with Gasteiger partial charge in [-0.05, 0) is 48.8 Å². The van der Waals surface area contributed by atoms with Crippen LogP contribution in [0.1, 0.15) is 41.7 Å². The number of carbonyl (C=O) groups is 1. The molecule has 0 saturated carbocycles. The van der Waals surface area contributed by atoms with Gasteiger partial charge in [-0.25, -0.2) is 0 Å². The zero-order chi connectivity index (χ0) is 14.4. The summed E-state index contributed by atoms with van der Waals surface area (Å²) in [6.45, 7) is 0.118. The first-order chi connectivity index (χ1) is 10.3. The molecule has 4 rings (SSSR count). The van der Waals surface area contributed by atoms with E-state index in [0.717, 1.165) is 35.0 Å². The molecule has 0 radical (unpaired) electrons. The molecule has 1 aliphatic carbocycles. The van der Waals surface area contributed by atoms with Crippen molar-refractivity contribution in [3.63, 3.8) is 0 Å². The zero-order valence-corrected chi connectivity index (χ0v) is 12.0. The Hall–Kier alpha value is -1.87. The highest BCUT2D eigenvalue weighted by Gasteiger charge is 2.34. The average Bonchev–Trinajstić information content (AvgIpc) is 2.84. The standard InChI is InChI=1S/C18H19NO2/c20-10-9-15-14-7-3-4-8-16(14)19-17(21)11-12-5-1-2-6-13(12)18(15)19/h3-4,6-8,12,20H,1-2,5,9-11H2. The molecule has 0 spiro atoms. The summed E-state index contributed by atoms with van der Waals surface area (Å²) < 4.78 is 1.90. The van der Waals surface area contributed by atoms with Crippen molar-refractivity contribution in [3.05, 3.63) is 41.6 Å². The van der Waals surface area contributed by atoms with Gasteiger partial charge in [0.2, 0.25) is 5.91 Å². The van der Waals surface area contributed by atoms with E-state index in [1.807, 2.05) is 22.8 Å². The van der Waals surface area contributed by atoms with Crippen LogP contribution in [-0.2, 0) is 6.42 Å². The summed E-state index contributed by atoms with van der Waals surface area (Å²) in [5, 5.41) is 10.6. The summed E-state index contributed by atoms with van der Waals surface area (Å²) in [7, 11) is 0. The Morgan fingerprint density at radius 2 is 2.14 bits per heavy atom. The lowest BCUT2D eigenvalue weighted by molar-refractivity contribution is 0.0881. The van der Waals surface area contributed by atoms with Gasteiger partial charge in [-0.15, -0.1) is 0 Å². The predicted octanol–water partition coefficient (Wildman–Crippen LogP) is 3.40. The average molecular weight is 281 g/mol. The molecular weight excluding hydrogens is 262 g/mol. The Morgan fingerprint density at radius 1 is 1.29 bits per heavy atom. The highest BCUT2D eigenvalue weighted by molar-refractivity contribution is 6.02. The van der Waals surface area contributed by atoms with Gasteiger partial charge < -0.3 is 5.11 Å². The Labute approximate surface area is 123 Å². The number of hydrogen-bond donors (Lipinski definition) is 1. The third-order valence-corrected chi connectivity index (χ3v) is 4.85. The lowest BCUT2D eigenvalue weighted by Gasteiger charge is -2.30. The van der Waals surface area contributed by atoms with Crippen LogP contribution in [0.5, 0.6) is 0 Å². The van der Waals surface area contributed by atoms with Gasteiger partial charge in [-0.1, -0.05) is 24.3 Å². The molecule has 1 aromatic carbocycles. The molecule has 21 heavy (non-hydrogen) atoms. The third kappa shape index (κ3) is 1.80. The van der Waals surface area contributed by atoms with E-state index in [0.29, 0.717) is 18.8 Å². The Bertz CT molecular complexity index is 754. The van der Waals surface area contributed by atoms with E-state index in [1.165, 1.54) is 12.0 Å². The van der Waals surface area contributed by atoms with Gasteiger partial charge in [0.1, 0.15) is 0 Å². The molecule has 0 amide bonds. The fourth-order valence-corrected chi connectivity index (χ4v) is 3.98. The first-order valence-electron chi connectivity index (χ1n) is 7.78. The molecule has 1 unspecified atom stereocenters. The van der Waals surface area contributed by atoms with E-state index in [4.69, 9.17) is 0 Å². The van der Waals surface area contributed by atoms with Crippen molar-refractivity contribution >= 4 is 22.4 Å². The second kappa shape index (κ2) is 4.85. The summed E-state index contributed by atoms with van der Waals surface area (Å²) in [4.78, 5) is 12.6. The minimum atomic E-state index is 0.118. The number of para-hydroxylation sites is 1. The minimum absolute atomic E-state index is 0.118. The third-order valence-electron chi connectivity index (χ3n) is 4.85. The molecule has 2 aliphatic rings. The van der Waals surface area contributed by atoms with Gasteiger partial charge >= 0.3 is 0 Å². The second-order valence-corrected chi connectivity index (χ2v) is 6.04. The number of allylic oxidation sites excluding steroid dienone is 2. The van der Waals surface area contributed by atoms with Gasteiger partial charge in [0, 0.05) is 18.4 Å². The first kappa shape index (κ1) is 12.8. The highest BCUT2D eigenvalue weighted by Crippen LogP contribution is 2.43. The van der Waals surface area contributed by atoms with Crippen LogP contribution in [-0.4, -0.2) is 22.2 Å². The van der Waals surface area contributed by atoms with Gasteiger partial charge in [0.25, 0.3) is 0 Å². The van der Waals surface area contributed by atoms with Crippen LogP contribution in [0.15, 0.2) is 30.3 Å². The van der Waals surface area contributed by atoms with Gasteiger partial charge in [-0.3, -0.25) is 9.36 Å². The summed E-state index contributed by atoms with van der Waals surface area (Å²) in [6, 6.07) is 8.07. The molecule has 0 fully saturated rings. The molecule has 3 heteroatoms. The molecular formula is C18H19NO2. The largest absolute Gasteiger partial charge is 0.396 e. The first-order valence-corrected chi connectivity index (χ1v) is 7.78. The predicted molar refractivity (Wildman–Crippen MR) is 83.3 cm³/mol. The lowest BCUT2D eigenvalue weighted by atomic mass is 9.80. The number of carbonyl (C=O) groups excluding carboxylic acids is 1. The molecule has 1 atom stereocenters. The smallest absolute Gasteiger partial charge is 0.232 e. The quantitative estimate of drug-likeness (QED) is 0.916. The Balaban J connectivity index is 2.07. The maximum atomic E-state index is 12.6. The number of benzene rings is 1. The number of aliphatic hydroxyl groups is 1. The van der Waals surface area contributed by atoms with Crippen LogP contribution in [0, 0.1) is 5.92 Å². The molecule has 0 saturated heterocycles. The van der Waals surface area contributed by atoms with Crippen molar-refractivity contribution in [2.45, 2.75) is 32.1 Å². The van der Waals surface area contributed by atoms with Crippen molar-refractivity contribution < 1.29 is 9.90 Å². The zero-order valence-electron chi connectivity index (χ0n) is 12.0. The summed E-state index contributed by atoms with van der Waals surface area (Å²) >= 11 is 0. The second-order valence-electron chi connectivity index (χ2n) is 6.04. The number of aromatic nitrogens is 1. The number of aliphatic hydroxyl groups excluding tert-OH is 1. The van der Waals surface area contributed by atoms with E-state index in [-0.39, 0.29) is 12.5 Å². The van der Waals surface area contributed by atoms with E-state index in [2.05, 4.69) is 12.1 Å². The normalized spacial score (nSPS) is 21.1. The molecule has 2 aromatic rings. The highest BCUT2D eigenvalue weighted by atomic mass is 16.3. The number of fused-ring (bicyclic) bond motifs is 5. The molecule has 2 heterocycles. The van der Waals surface area contributed by atoms with E-state index >= 15 is 0 Å². The number of hydrogen-bond acceptors (Lipinski definition) is 2. The minimum Gasteiger partial charge on any atom is -0.396 e. The van der Waals surface area contributed by atoms with Crippen molar-refractivity contribution in [1.29, 1.82) is 0 Å². The van der Waals surface area contributed by atoms with E-state index < -0.39 is 0 Å². The van der Waals surface area contributed by atoms with Crippen LogP contribution < -0.4 is 0 Å². The van der Waals surface area contributed by atoms with Gasteiger partial charge in [0.15, 0.2) is 0 Å². The lowest BCUT2D eigenvalue weighted by Crippen LogP contribution is -2.27. The molecule has 1 aromatic heterocycles. The molecule has 1 N–H and O–H groups in total. The maximum Gasteiger partial charge on any atom is 0.232 e. The van der Waals surface area contributed by atoms with Crippen LogP contribution in [0.2, 0.25) is 0 Å². The summed E-state index contributed by atoms with van der Waals surface area (Å²) in [5.74, 6) is 0.579. The summed E-state index contributed by atoms with van der Waals surface area (Å²) in [6.07, 6.45) is 6.93. The monoisotopic (exact) mass is 281 g/mol. The molecule has 3 nitrogen and oxygen atoms in total. The Morgan fingerprint density at radius 3 is 3.00 bits per heavy atom. The Kier molecular flexibility index (Phi) is 2.96. The number of nitrogens with zero attached hydrogens (tertiary/aromatic N) is 1. The maximum absolute atomic E-state index is 12.6. The topological polar surface area (TPSA) is 42.2 Å². The fourth-order valence-electron chi connectivity index (χ4n) is 3.98. The van der Waals surface area contributed by atoms with E-state index in [1.54, 1.807) is 0 Å². The molecule has 108 valence electrons. The van der Waals surface area contributed by atoms with Crippen LogP contribution in [0.25, 0.3) is 16.5 Å². The van der Waals surface area contributed by atoms with Gasteiger partial charge in [0.05, 0.1) is 11.2 Å². The van der Waals surface area contributed by atoms with Crippen molar-refractivity contribution in [1.82, 2.24) is 4.57 Å².